The molecule has 1 aliphatic carbocycles. The number of hydrogen-bond donors (Lipinski definition) is 1. The SMILES string of the molecule is O=C(CC1CCCN1)N1CCN(C2CCCC2)CC1. The first-order chi connectivity index (χ1) is 9.33. The number of hydrogen-bond acceptors (Lipinski definition) is 3. The first kappa shape index (κ1) is 13.4. The Balaban J connectivity index is 1.42. The molecule has 0 spiro atoms. The van der Waals surface area contributed by atoms with Crippen LogP contribution in [-0.4, -0.2) is 60.5 Å². The van der Waals surface area contributed by atoms with E-state index in [1.165, 1.54) is 38.5 Å². The molecule has 2 aliphatic heterocycles. The molecule has 4 heteroatoms. The summed E-state index contributed by atoms with van der Waals surface area (Å²) in [4.78, 5) is 17.0. The van der Waals surface area contributed by atoms with Crippen LogP contribution in [0.2, 0.25) is 0 Å². The first-order valence-corrected chi connectivity index (χ1v) is 8.08. The maximum Gasteiger partial charge on any atom is 0.224 e. The highest BCUT2D eigenvalue weighted by molar-refractivity contribution is 5.77. The van der Waals surface area contributed by atoms with Crippen molar-refractivity contribution >= 4 is 5.91 Å². The van der Waals surface area contributed by atoms with Crippen molar-refractivity contribution in [2.75, 3.05) is 32.7 Å². The summed E-state index contributed by atoms with van der Waals surface area (Å²) >= 11 is 0. The van der Waals surface area contributed by atoms with E-state index in [1.807, 2.05) is 0 Å². The molecule has 0 radical (unpaired) electrons. The van der Waals surface area contributed by atoms with Crippen LogP contribution >= 0.6 is 0 Å². The van der Waals surface area contributed by atoms with E-state index < -0.39 is 0 Å². The lowest BCUT2D eigenvalue weighted by Gasteiger charge is -2.38. The van der Waals surface area contributed by atoms with Crippen molar-refractivity contribution in [1.82, 2.24) is 15.1 Å². The van der Waals surface area contributed by atoms with Gasteiger partial charge in [0.15, 0.2) is 0 Å². The second-order valence-corrected chi connectivity index (χ2v) is 6.35. The van der Waals surface area contributed by atoms with E-state index in [2.05, 4.69) is 15.1 Å². The summed E-state index contributed by atoms with van der Waals surface area (Å²) in [5, 5.41) is 3.42. The van der Waals surface area contributed by atoms with Crippen molar-refractivity contribution in [2.45, 2.75) is 57.0 Å². The van der Waals surface area contributed by atoms with Crippen molar-refractivity contribution in [3.63, 3.8) is 0 Å². The lowest BCUT2D eigenvalue weighted by Crippen LogP contribution is -2.52. The van der Waals surface area contributed by atoms with Gasteiger partial charge in [0.05, 0.1) is 0 Å². The first-order valence-electron chi connectivity index (χ1n) is 8.08. The van der Waals surface area contributed by atoms with Gasteiger partial charge in [0.25, 0.3) is 0 Å². The molecule has 1 atom stereocenters. The highest BCUT2D eigenvalue weighted by Gasteiger charge is 2.28. The molecule has 0 bridgehead atoms. The normalized spacial score (nSPS) is 30.1. The average Bonchev–Trinajstić information content (AvgIpc) is 3.12. The van der Waals surface area contributed by atoms with Gasteiger partial charge in [-0.15, -0.1) is 0 Å². The molecule has 3 rings (SSSR count). The number of nitrogens with zero attached hydrogens (tertiary/aromatic N) is 2. The summed E-state index contributed by atoms with van der Waals surface area (Å²) in [6, 6.07) is 1.26. The van der Waals surface area contributed by atoms with E-state index in [-0.39, 0.29) is 0 Å². The predicted octanol–water partition coefficient (Wildman–Crippen LogP) is 1.22. The van der Waals surface area contributed by atoms with E-state index in [9.17, 15) is 4.79 Å². The Labute approximate surface area is 116 Å². The molecule has 2 heterocycles. The lowest BCUT2D eigenvalue weighted by atomic mass is 10.1. The summed E-state index contributed by atoms with van der Waals surface area (Å²) < 4.78 is 0. The Morgan fingerprint density at radius 1 is 1.00 bits per heavy atom. The number of carbonyl (C=O) groups excluding carboxylic acids is 1. The largest absolute Gasteiger partial charge is 0.340 e. The topological polar surface area (TPSA) is 35.6 Å². The van der Waals surface area contributed by atoms with E-state index in [4.69, 9.17) is 0 Å². The van der Waals surface area contributed by atoms with Gasteiger partial charge in [-0.2, -0.15) is 0 Å². The van der Waals surface area contributed by atoms with Crippen molar-refractivity contribution in [3.05, 3.63) is 0 Å². The third-order valence-electron chi connectivity index (χ3n) is 5.09. The summed E-state index contributed by atoms with van der Waals surface area (Å²) in [6.07, 6.45) is 8.67. The average molecular weight is 265 g/mol. The van der Waals surface area contributed by atoms with Crippen LogP contribution in [0.3, 0.4) is 0 Å². The van der Waals surface area contributed by atoms with Gasteiger partial charge in [0, 0.05) is 44.7 Å². The van der Waals surface area contributed by atoms with Crippen molar-refractivity contribution in [2.24, 2.45) is 0 Å². The van der Waals surface area contributed by atoms with Gasteiger partial charge in [0.2, 0.25) is 5.91 Å². The van der Waals surface area contributed by atoms with Crippen molar-refractivity contribution < 1.29 is 4.79 Å². The molecule has 3 fully saturated rings. The fourth-order valence-electron chi connectivity index (χ4n) is 3.88. The predicted molar refractivity (Wildman–Crippen MR) is 76.1 cm³/mol. The zero-order valence-electron chi connectivity index (χ0n) is 11.9. The van der Waals surface area contributed by atoms with E-state index in [1.54, 1.807) is 0 Å². The molecule has 0 aromatic carbocycles. The third kappa shape index (κ3) is 3.29. The molecule has 1 amide bonds. The van der Waals surface area contributed by atoms with Gasteiger partial charge in [-0.05, 0) is 32.2 Å². The quantitative estimate of drug-likeness (QED) is 0.833. The standard InChI is InChI=1S/C15H27N3O/c19-15(12-13-4-3-7-16-13)18-10-8-17(9-11-18)14-5-1-2-6-14/h13-14,16H,1-12H2. The molecule has 0 aromatic heterocycles. The third-order valence-corrected chi connectivity index (χ3v) is 5.09. The van der Waals surface area contributed by atoms with E-state index in [0.29, 0.717) is 18.4 Å². The van der Waals surface area contributed by atoms with Gasteiger partial charge in [-0.1, -0.05) is 12.8 Å². The zero-order chi connectivity index (χ0) is 13.1. The van der Waals surface area contributed by atoms with E-state index >= 15 is 0 Å². The second-order valence-electron chi connectivity index (χ2n) is 6.35. The molecule has 108 valence electrons. The lowest BCUT2D eigenvalue weighted by molar-refractivity contribution is -0.133. The number of amides is 1. The van der Waals surface area contributed by atoms with Crippen molar-refractivity contribution in [3.8, 4) is 0 Å². The highest BCUT2D eigenvalue weighted by Crippen LogP contribution is 2.24. The molecule has 2 saturated heterocycles. The Bertz CT molecular complexity index is 301. The van der Waals surface area contributed by atoms with Crippen LogP contribution in [-0.2, 0) is 4.79 Å². The molecule has 0 aromatic rings. The van der Waals surface area contributed by atoms with Crippen LogP contribution < -0.4 is 5.32 Å². The number of nitrogens with one attached hydrogen (secondary N) is 1. The van der Waals surface area contributed by atoms with Crippen LogP contribution in [0.15, 0.2) is 0 Å². The maximum absolute atomic E-state index is 12.2. The molecule has 19 heavy (non-hydrogen) atoms. The molecular weight excluding hydrogens is 238 g/mol. The Kier molecular flexibility index (Phi) is 4.38. The van der Waals surface area contributed by atoms with Crippen LogP contribution in [0.25, 0.3) is 0 Å². The Hall–Kier alpha value is -0.610. The van der Waals surface area contributed by atoms with Crippen LogP contribution in [0.4, 0.5) is 0 Å². The molecule has 3 aliphatic rings. The van der Waals surface area contributed by atoms with Crippen LogP contribution in [0.1, 0.15) is 44.9 Å². The minimum atomic E-state index is 0.366. The van der Waals surface area contributed by atoms with Crippen LogP contribution in [0.5, 0.6) is 0 Å². The molecule has 1 saturated carbocycles. The minimum Gasteiger partial charge on any atom is -0.340 e. The minimum absolute atomic E-state index is 0.366. The smallest absolute Gasteiger partial charge is 0.224 e. The number of rotatable bonds is 3. The van der Waals surface area contributed by atoms with Gasteiger partial charge >= 0.3 is 0 Å². The summed E-state index contributed by atoms with van der Waals surface area (Å²) in [5.41, 5.74) is 0. The highest BCUT2D eigenvalue weighted by atomic mass is 16.2. The Morgan fingerprint density at radius 3 is 2.37 bits per heavy atom. The van der Waals surface area contributed by atoms with Crippen LogP contribution in [0, 0.1) is 0 Å². The molecule has 1 N–H and O–H groups in total. The summed E-state index contributed by atoms with van der Waals surface area (Å²) in [6.45, 7) is 5.17. The zero-order valence-corrected chi connectivity index (χ0v) is 11.9. The monoisotopic (exact) mass is 265 g/mol. The second kappa shape index (κ2) is 6.23. The van der Waals surface area contributed by atoms with E-state index in [0.717, 1.165) is 38.8 Å². The molecule has 1 unspecified atom stereocenters. The van der Waals surface area contributed by atoms with Gasteiger partial charge in [0.1, 0.15) is 0 Å². The van der Waals surface area contributed by atoms with Gasteiger partial charge in [-0.25, -0.2) is 0 Å². The van der Waals surface area contributed by atoms with Gasteiger partial charge in [-0.3, -0.25) is 9.69 Å². The Morgan fingerprint density at radius 2 is 1.74 bits per heavy atom. The van der Waals surface area contributed by atoms with Crippen molar-refractivity contribution in [1.29, 1.82) is 0 Å². The molecular formula is C15H27N3O. The fourth-order valence-corrected chi connectivity index (χ4v) is 3.88. The summed E-state index contributed by atoms with van der Waals surface area (Å²) in [7, 11) is 0. The molecule has 4 nitrogen and oxygen atoms in total. The number of piperazine rings is 1. The number of carbonyl (C=O) groups is 1. The van der Waals surface area contributed by atoms with Gasteiger partial charge < -0.3 is 10.2 Å². The summed E-state index contributed by atoms with van der Waals surface area (Å²) in [5.74, 6) is 0.366. The maximum atomic E-state index is 12.2. The fraction of sp³-hybridized carbons (Fsp3) is 0.933.